The van der Waals surface area contributed by atoms with Gasteiger partial charge in [0.25, 0.3) is 5.91 Å². The average Bonchev–Trinajstić information content (AvgIpc) is 2.87. The van der Waals surface area contributed by atoms with E-state index in [0.717, 1.165) is 12.8 Å². The SMILES string of the molecule is O=C1NC2(CCOC2)C(=O)N1CC1CC1. The maximum absolute atomic E-state index is 12.1. The highest BCUT2D eigenvalue weighted by Gasteiger charge is 2.54. The zero-order valence-electron chi connectivity index (χ0n) is 8.49. The lowest BCUT2D eigenvalue weighted by atomic mass is 9.99. The molecule has 0 bridgehead atoms. The molecule has 2 aliphatic heterocycles. The first-order valence-electron chi connectivity index (χ1n) is 5.43. The molecular weight excluding hydrogens is 196 g/mol. The summed E-state index contributed by atoms with van der Waals surface area (Å²) in [6.45, 7) is 1.48. The number of hydrogen-bond donors (Lipinski definition) is 1. The lowest BCUT2D eigenvalue weighted by Gasteiger charge is -2.18. The van der Waals surface area contributed by atoms with Crippen molar-refractivity contribution in [2.75, 3.05) is 19.8 Å². The topological polar surface area (TPSA) is 58.6 Å². The van der Waals surface area contributed by atoms with Crippen LogP contribution in [0.25, 0.3) is 0 Å². The van der Waals surface area contributed by atoms with Crippen LogP contribution in [0.4, 0.5) is 4.79 Å². The lowest BCUT2D eigenvalue weighted by Crippen LogP contribution is -2.47. The first-order valence-corrected chi connectivity index (χ1v) is 5.43. The molecule has 1 saturated carbocycles. The molecule has 1 spiro atoms. The molecule has 1 atom stereocenters. The molecule has 5 heteroatoms. The quantitative estimate of drug-likeness (QED) is 0.658. The fourth-order valence-electron chi connectivity index (χ4n) is 2.23. The molecule has 2 saturated heterocycles. The molecular formula is C10H14N2O3. The van der Waals surface area contributed by atoms with E-state index in [1.54, 1.807) is 0 Å². The van der Waals surface area contributed by atoms with Gasteiger partial charge in [0, 0.05) is 19.6 Å². The Morgan fingerprint density at radius 3 is 2.87 bits per heavy atom. The molecule has 0 aromatic rings. The Morgan fingerprint density at radius 2 is 2.27 bits per heavy atom. The molecule has 0 aromatic heterocycles. The maximum Gasteiger partial charge on any atom is 0.325 e. The van der Waals surface area contributed by atoms with Crippen LogP contribution in [0.15, 0.2) is 0 Å². The first-order chi connectivity index (χ1) is 7.21. The predicted molar refractivity (Wildman–Crippen MR) is 51.1 cm³/mol. The Morgan fingerprint density at radius 1 is 1.47 bits per heavy atom. The first kappa shape index (κ1) is 9.15. The second-order valence-electron chi connectivity index (χ2n) is 4.67. The molecule has 1 aliphatic carbocycles. The minimum Gasteiger partial charge on any atom is -0.378 e. The summed E-state index contributed by atoms with van der Waals surface area (Å²) in [5.41, 5.74) is -0.730. The van der Waals surface area contributed by atoms with Crippen LogP contribution in [0, 0.1) is 5.92 Å². The number of nitrogens with one attached hydrogen (secondary N) is 1. The number of nitrogens with zero attached hydrogens (tertiary/aromatic N) is 1. The zero-order valence-corrected chi connectivity index (χ0v) is 8.49. The fourth-order valence-corrected chi connectivity index (χ4v) is 2.23. The van der Waals surface area contributed by atoms with Gasteiger partial charge in [0.1, 0.15) is 5.54 Å². The van der Waals surface area contributed by atoms with E-state index in [4.69, 9.17) is 4.74 Å². The van der Waals surface area contributed by atoms with Crippen molar-refractivity contribution in [1.82, 2.24) is 10.2 Å². The molecule has 5 nitrogen and oxygen atoms in total. The van der Waals surface area contributed by atoms with Crippen LogP contribution in [0.5, 0.6) is 0 Å². The second kappa shape index (κ2) is 2.95. The van der Waals surface area contributed by atoms with Gasteiger partial charge in [-0.05, 0) is 18.8 Å². The van der Waals surface area contributed by atoms with Gasteiger partial charge in [0.05, 0.1) is 6.61 Å². The summed E-state index contributed by atoms with van der Waals surface area (Å²) in [6.07, 6.45) is 2.89. The van der Waals surface area contributed by atoms with E-state index < -0.39 is 5.54 Å². The molecule has 1 N–H and O–H groups in total. The van der Waals surface area contributed by atoms with Gasteiger partial charge in [-0.2, -0.15) is 0 Å². The van der Waals surface area contributed by atoms with Crippen LogP contribution >= 0.6 is 0 Å². The van der Waals surface area contributed by atoms with E-state index in [1.807, 2.05) is 0 Å². The normalized spacial score (nSPS) is 35.3. The summed E-state index contributed by atoms with van der Waals surface area (Å²) >= 11 is 0. The molecule has 3 amide bonds. The largest absolute Gasteiger partial charge is 0.378 e. The number of ether oxygens (including phenoxy) is 1. The third-order valence-corrected chi connectivity index (χ3v) is 3.41. The molecule has 3 rings (SSSR count). The van der Waals surface area contributed by atoms with Crippen LogP contribution in [0.1, 0.15) is 19.3 Å². The molecule has 2 heterocycles. The van der Waals surface area contributed by atoms with Crippen molar-refractivity contribution in [3.05, 3.63) is 0 Å². The molecule has 3 aliphatic rings. The molecule has 1 unspecified atom stereocenters. The fraction of sp³-hybridized carbons (Fsp3) is 0.800. The van der Waals surface area contributed by atoms with E-state index >= 15 is 0 Å². The van der Waals surface area contributed by atoms with Gasteiger partial charge in [0.2, 0.25) is 0 Å². The summed E-state index contributed by atoms with van der Waals surface area (Å²) in [6, 6.07) is -0.239. The van der Waals surface area contributed by atoms with Crippen molar-refractivity contribution in [3.8, 4) is 0 Å². The molecule has 82 valence electrons. The van der Waals surface area contributed by atoms with Crippen molar-refractivity contribution < 1.29 is 14.3 Å². The number of carbonyl (C=O) groups is 2. The van der Waals surface area contributed by atoms with E-state index in [0.29, 0.717) is 32.1 Å². The van der Waals surface area contributed by atoms with Gasteiger partial charge in [-0.25, -0.2) is 4.79 Å². The van der Waals surface area contributed by atoms with E-state index in [1.165, 1.54) is 4.90 Å². The summed E-state index contributed by atoms with van der Waals surface area (Å²) in [5.74, 6) is 0.453. The Balaban J connectivity index is 1.79. The van der Waals surface area contributed by atoms with Crippen molar-refractivity contribution in [3.63, 3.8) is 0 Å². The highest BCUT2D eigenvalue weighted by atomic mass is 16.5. The van der Waals surface area contributed by atoms with Gasteiger partial charge in [-0.3, -0.25) is 9.69 Å². The number of amides is 3. The molecule has 3 fully saturated rings. The minimum absolute atomic E-state index is 0.0862. The average molecular weight is 210 g/mol. The third kappa shape index (κ3) is 1.33. The van der Waals surface area contributed by atoms with E-state index in [9.17, 15) is 9.59 Å². The second-order valence-corrected chi connectivity index (χ2v) is 4.67. The molecule has 0 radical (unpaired) electrons. The molecule has 15 heavy (non-hydrogen) atoms. The van der Waals surface area contributed by atoms with E-state index in [2.05, 4.69) is 5.32 Å². The lowest BCUT2D eigenvalue weighted by molar-refractivity contribution is -0.131. The summed E-state index contributed by atoms with van der Waals surface area (Å²) in [7, 11) is 0. The number of imide groups is 1. The Labute approximate surface area is 87.8 Å². The summed E-state index contributed by atoms with van der Waals surface area (Å²) in [4.78, 5) is 25.1. The van der Waals surface area contributed by atoms with Gasteiger partial charge >= 0.3 is 6.03 Å². The number of urea groups is 1. The van der Waals surface area contributed by atoms with Crippen LogP contribution in [-0.4, -0.2) is 42.1 Å². The van der Waals surface area contributed by atoms with Gasteiger partial charge in [-0.1, -0.05) is 0 Å². The van der Waals surface area contributed by atoms with Crippen LogP contribution in [0.2, 0.25) is 0 Å². The summed E-state index contributed by atoms with van der Waals surface area (Å²) in [5, 5.41) is 2.77. The standard InChI is InChI=1S/C10H14N2O3/c13-8-10(3-4-15-6-10)11-9(14)12(8)5-7-1-2-7/h7H,1-6H2,(H,11,14). The predicted octanol–water partition coefficient (Wildman–Crippen LogP) is 0.107. The van der Waals surface area contributed by atoms with Crippen LogP contribution in [-0.2, 0) is 9.53 Å². The van der Waals surface area contributed by atoms with Crippen molar-refractivity contribution >= 4 is 11.9 Å². The van der Waals surface area contributed by atoms with Crippen molar-refractivity contribution in [2.24, 2.45) is 5.92 Å². The van der Waals surface area contributed by atoms with E-state index in [-0.39, 0.29) is 11.9 Å². The highest BCUT2D eigenvalue weighted by Crippen LogP contribution is 2.33. The smallest absolute Gasteiger partial charge is 0.325 e. The van der Waals surface area contributed by atoms with Gasteiger partial charge < -0.3 is 10.1 Å². The third-order valence-electron chi connectivity index (χ3n) is 3.41. The van der Waals surface area contributed by atoms with Crippen molar-refractivity contribution in [2.45, 2.75) is 24.8 Å². The highest BCUT2D eigenvalue weighted by molar-refractivity contribution is 6.07. The number of hydrogen-bond acceptors (Lipinski definition) is 3. The monoisotopic (exact) mass is 210 g/mol. The van der Waals surface area contributed by atoms with Gasteiger partial charge in [-0.15, -0.1) is 0 Å². The number of rotatable bonds is 2. The van der Waals surface area contributed by atoms with Crippen LogP contribution < -0.4 is 5.32 Å². The van der Waals surface area contributed by atoms with Crippen molar-refractivity contribution in [1.29, 1.82) is 0 Å². The maximum atomic E-state index is 12.1. The zero-order chi connectivity index (χ0) is 10.5. The Hall–Kier alpha value is -1.10. The molecule has 0 aromatic carbocycles. The minimum atomic E-state index is -0.730. The number of carbonyl (C=O) groups excluding carboxylic acids is 2. The Kier molecular flexibility index (Phi) is 1.80. The summed E-state index contributed by atoms with van der Waals surface area (Å²) < 4.78 is 5.21. The Bertz CT molecular complexity index is 319. The van der Waals surface area contributed by atoms with Crippen LogP contribution in [0.3, 0.4) is 0 Å². The van der Waals surface area contributed by atoms with Gasteiger partial charge in [0.15, 0.2) is 0 Å².